The van der Waals surface area contributed by atoms with E-state index in [1.54, 1.807) is 12.3 Å². The number of fused-ring (bicyclic) bond motifs is 1. The van der Waals surface area contributed by atoms with E-state index < -0.39 is 0 Å². The summed E-state index contributed by atoms with van der Waals surface area (Å²) in [6.07, 6.45) is 1.68. The average Bonchev–Trinajstić information content (AvgIpc) is 2.74. The van der Waals surface area contributed by atoms with Gasteiger partial charge in [0.05, 0.1) is 11.9 Å². The predicted molar refractivity (Wildman–Crippen MR) is 111 cm³/mol. The fourth-order valence-corrected chi connectivity index (χ4v) is 2.87. The normalized spacial score (nSPS) is 12.1. The van der Waals surface area contributed by atoms with Crippen LogP contribution < -0.4 is 24.8 Å². The number of anilines is 1. The van der Waals surface area contributed by atoms with Gasteiger partial charge in [-0.15, -0.1) is 0 Å². The van der Waals surface area contributed by atoms with Gasteiger partial charge in [-0.1, -0.05) is 24.3 Å². The Morgan fingerprint density at radius 2 is 1.82 bits per heavy atom. The Balaban J connectivity index is 1.29. The van der Waals surface area contributed by atoms with E-state index >= 15 is 0 Å². The summed E-state index contributed by atoms with van der Waals surface area (Å²) in [6, 6.07) is 19.0. The van der Waals surface area contributed by atoms with Crippen molar-refractivity contribution in [3.05, 3.63) is 72.4 Å². The third-order valence-corrected chi connectivity index (χ3v) is 4.27. The van der Waals surface area contributed by atoms with Gasteiger partial charge in [0.2, 0.25) is 5.88 Å². The third kappa shape index (κ3) is 4.69. The highest BCUT2D eigenvalue weighted by molar-refractivity contribution is 7.80. The van der Waals surface area contributed by atoms with E-state index in [0.29, 0.717) is 30.8 Å². The molecule has 6 nitrogen and oxygen atoms in total. The smallest absolute Gasteiger partial charge is 0.219 e. The lowest BCUT2D eigenvalue weighted by Gasteiger charge is -2.19. The summed E-state index contributed by atoms with van der Waals surface area (Å²) in [6.45, 7) is 1.73. The van der Waals surface area contributed by atoms with Crippen LogP contribution in [0.3, 0.4) is 0 Å². The second kappa shape index (κ2) is 8.58. The van der Waals surface area contributed by atoms with Crippen molar-refractivity contribution in [2.75, 3.05) is 18.5 Å². The summed E-state index contributed by atoms with van der Waals surface area (Å²) in [5, 5.41) is 6.79. The van der Waals surface area contributed by atoms with Crippen molar-refractivity contribution in [1.29, 1.82) is 0 Å². The summed E-state index contributed by atoms with van der Waals surface area (Å²) in [7, 11) is 0. The van der Waals surface area contributed by atoms with Gasteiger partial charge in [0.25, 0.3) is 0 Å². The highest BCUT2D eigenvalue weighted by Gasteiger charge is 2.11. The summed E-state index contributed by atoms with van der Waals surface area (Å²) in [4.78, 5) is 4.29. The minimum Gasteiger partial charge on any atom is -0.486 e. The first-order valence-electron chi connectivity index (χ1n) is 8.88. The molecule has 4 rings (SSSR count). The van der Waals surface area contributed by atoms with Crippen LogP contribution in [-0.4, -0.2) is 23.3 Å². The first-order chi connectivity index (χ1) is 13.8. The molecule has 1 aliphatic rings. The number of aromatic nitrogens is 1. The molecular formula is C21H19N3O3S. The van der Waals surface area contributed by atoms with E-state index in [1.807, 2.05) is 54.6 Å². The molecule has 1 aliphatic heterocycles. The van der Waals surface area contributed by atoms with Crippen LogP contribution in [0.2, 0.25) is 0 Å². The van der Waals surface area contributed by atoms with Crippen molar-refractivity contribution >= 4 is 23.0 Å². The van der Waals surface area contributed by atoms with Crippen LogP contribution in [0.25, 0.3) is 0 Å². The van der Waals surface area contributed by atoms with Crippen LogP contribution in [0.15, 0.2) is 66.9 Å². The number of pyridine rings is 1. The second-order valence-corrected chi connectivity index (χ2v) is 6.49. The first-order valence-corrected chi connectivity index (χ1v) is 9.29. The van der Waals surface area contributed by atoms with Crippen LogP contribution >= 0.6 is 12.2 Å². The van der Waals surface area contributed by atoms with Crippen molar-refractivity contribution < 1.29 is 14.2 Å². The number of thiocarbonyl (C=S) groups is 1. The number of hydrogen-bond acceptors (Lipinski definition) is 5. The number of para-hydroxylation sites is 1. The van der Waals surface area contributed by atoms with Crippen molar-refractivity contribution in [2.24, 2.45) is 0 Å². The van der Waals surface area contributed by atoms with Crippen LogP contribution in [-0.2, 0) is 6.54 Å². The zero-order chi connectivity index (χ0) is 19.2. The molecule has 0 radical (unpaired) electrons. The Morgan fingerprint density at radius 3 is 2.61 bits per heavy atom. The molecule has 0 atom stereocenters. The molecule has 7 heteroatoms. The van der Waals surface area contributed by atoms with Crippen LogP contribution in [0.4, 0.5) is 5.69 Å². The molecule has 0 unspecified atom stereocenters. The van der Waals surface area contributed by atoms with Gasteiger partial charge in [-0.2, -0.15) is 0 Å². The van der Waals surface area contributed by atoms with Gasteiger partial charge in [0.1, 0.15) is 19.0 Å². The number of benzene rings is 2. The lowest BCUT2D eigenvalue weighted by molar-refractivity contribution is 0.171. The lowest BCUT2D eigenvalue weighted by atomic mass is 10.2. The van der Waals surface area contributed by atoms with Crippen molar-refractivity contribution in [3.63, 3.8) is 0 Å². The zero-order valence-electron chi connectivity index (χ0n) is 15.1. The molecule has 0 spiro atoms. The molecule has 1 aromatic heterocycles. The third-order valence-electron chi connectivity index (χ3n) is 4.02. The van der Waals surface area contributed by atoms with Crippen molar-refractivity contribution in [3.8, 4) is 23.1 Å². The molecule has 0 saturated carbocycles. The molecule has 0 saturated heterocycles. The SMILES string of the molecule is S=C(NCc1ccc2c(c1)OCCO2)Nc1ccc(Oc2ccccc2)nc1. The minimum atomic E-state index is 0.508. The molecule has 28 heavy (non-hydrogen) atoms. The summed E-state index contributed by atoms with van der Waals surface area (Å²) < 4.78 is 16.8. The van der Waals surface area contributed by atoms with Crippen LogP contribution in [0.5, 0.6) is 23.1 Å². The second-order valence-electron chi connectivity index (χ2n) is 6.09. The molecule has 0 amide bonds. The zero-order valence-corrected chi connectivity index (χ0v) is 15.9. The minimum absolute atomic E-state index is 0.508. The summed E-state index contributed by atoms with van der Waals surface area (Å²) in [5.41, 5.74) is 1.83. The van der Waals surface area contributed by atoms with Crippen LogP contribution in [0.1, 0.15) is 5.56 Å². The van der Waals surface area contributed by atoms with Crippen molar-refractivity contribution in [2.45, 2.75) is 6.54 Å². The Bertz CT molecular complexity index is 949. The highest BCUT2D eigenvalue weighted by Crippen LogP contribution is 2.30. The van der Waals surface area contributed by atoms with Crippen LogP contribution in [0, 0.1) is 0 Å². The molecule has 3 aromatic rings. The highest BCUT2D eigenvalue weighted by atomic mass is 32.1. The van der Waals surface area contributed by atoms with Crippen molar-refractivity contribution in [1.82, 2.24) is 10.3 Å². The molecular weight excluding hydrogens is 374 g/mol. The predicted octanol–water partition coefficient (Wildman–Crippen LogP) is 4.13. The number of rotatable bonds is 5. The topological polar surface area (TPSA) is 64.6 Å². The van der Waals surface area contributed by atoms with E-state index in [1.165, 1.54) is 0 Å². The standard InChI is InChI=1S/C21H19N3O3S/c28-21(23-13-15-6-8-18-19(12-15)26-11-10-25-18)24-16-7-9-20(22-14-16)27-17-4-2-1-3-5-17/h1-9,12,14H,10-11,13H2,(H2,23,24,28). The maximum atomic E-state index is 5.68. The fourth-order valence-electron chi connectivity index (χ4n) is 2.68. The number of nitrogens with zero attached hydrogens (tertiary/aromatic N) is 1. The first kappa shape index (κ1) is 18.1. The maximum absolute atomic E-state index is 5.68. The monoisotopic (exact) mass is 393 g/mol. The Kier molecular flexibility index (Phi) is 5.53. The lowest BCUT2D eigenvalue weighted by Crippen LogP contribution is -2.28. The fraction of sp³-hybridized carbons (Fsp3) is 0.143. The molecule has 0 bridgehead atoms. The Hall–Kier alpha value is -3.32. The Morgan fingerprint density at radius 1 is 1.00 bits per heavy atom. The molecule has 2 aromatic carbocycles. The molecule has 0 fully saturated rings. The van der Waals surface area contributed by atoms with E-state index in [0.717, 1.165) is 28.5 Å². The Labute approximate surface area is 168 Å². The maximum Gasteiger partial charge on any atom is 0.219 e. The number of hydrogen-bond donors (Lipinski definition) is 2. The van der Waals surface area contributed by atoms with Gasteiger partial charge in [-0.3, -0.25) is 0 Å². The van der Waals surface area contributed by atoms with Gasteiger partial charge in [0.15, 0.2) is 16.6 Å². The average molecular weight is 393 g/mol. The summed E-state index contributed by atoms with van der Waals surface area (Å²) in [5.74, 6) is 2.81. The largest absolute Gasteiger partial charge is 0.486 e. The van der Waals surface area contributed by atoms with E-state index in [9.17, 15) is 0 Å². The molecule has 2 N–H and O–H groups in total. The van der Waals surface area contributed by atoms with Gasteiger partial charge >= 0.3 is 0 Å². The van der Waals surface area contributed by atoms with E-state index in [4.69, 9.17) is 26.4 Å². The quantitative estimate of drug-likeness (QED) is 0.632. The molecule has 2 heterocycles. The van der Waals surface area contributed by atoms with E-state index in [-0.39, 0.29) is 0 Å². The van der Waals surface area contributed by atoms with E-state index in [2.05, 4.69) is 15.6 Å². The number of nitrogens with one attached hydrogen (secondary N) is 2. The van der Waals surface area contributed by atoms with Gasteiger partial charge < -0.3 is 24.8 Å². The summed E-state index contributed by atoms with van der Waals surface area (Å²) >= 11 is 5.36. The molecule has 142 valence electrons. The van der Waals surface area contributed by atoms with Gasteiger partial charge in [0, 0.05) is 12.6 Å². The number of ether oxygens (including phenoxy) is 3. The van der Waals surface area contributed by atoms with Gasteiger partial charge in [-0.05, 0) is 48.1 Å². The van der Waals surface area contributed by atoms with Gasteiger partial charge in [-0.25, -0.2) is 4.98 Å². The molecule has 0 aliphatic carbocycles.